The molecular formula is C10H16N4O. The molecule has 0 amide bonds. The summed E-state index contributed by atoms with van der Waals surface area (Å²) in [6.45, 7) is 2.65. The van der Waals surface area contributed by atoms with Gasteiger partial charge in [-0.05, 0) is 26.3 Å². The first-order valence-electron chi connectivity index (χ1n) is 5.28. The van der Waals surface area contributed by atoms with E-state index in [1.54, 1.807) is 6.92 Å². The second-order valence-corrected chi connectivity index (χ2v) is 3.96. The quantitative estimate of drug-likeness (QED) is 0.626. The molecule has 82 valence electrons. The smallest absolute Gasteiger partial charge is 0.255 e. The molecule has 5 nitrogen and oxygen atoms in total. The summed E-state index contributed by atoms with van der Waals surface area (Å²) in [5.74, 6) is 1.00. The van der Waals surface area contributed by atoms with E-state index in [2.05, 4.69) is 15.3 Å². The van der Waals surface area contributed by atoms with Crippen molar-refractivity contribution in [3.8, 4) is 0 Å². The van der Waals surface area contributed by atoms with Crippen molar-refractivity contribution >= 4 is 5.82 Å². The molecule has 1 fully saturated rings. The topological polar surface area (TPSA) is 83.8 Å². The highest BCUT2D eigenvalue weighted by Crippen LogP contribution is 2.19. The second kappa shape index (κ2) is 4.02. The van der Waals surface area contributed by atoms with Gasteiger partial charge in [0.15, 0.2) is 0 Å². The summed E-state index contributed by atoms with van der Waals surface area (Å²) in [5.41, 5.74) is 6.03. The van der Waals surface area contributed by atoms with Gasteiger partial charge in [-0.15, -0.1) is 0 Å². The summed E-state index contributed by atoms with van der Waals surface area (Å²) in [6, 6.07) is 0.148. The van der Waals surface area contributed by atoms with Crippen molar-refractivity contribution in [2.75, 3.05) is 12.3 Å². The van der Waals surface area contributed by atoms with Gasteiger partial charge in [-0.1, -0.05) is 6.42 Å². The third-order valence-electron chi connectivity index (χ3n) is 2.85. The van der Waals surface area contributed by atoms with Crippen LogP contribution in [0, 0.1) is 6.92 Å². The van der Waals surface area contributed by atoms with Crippen molar-refractivity contribution in [2.24, 2.45) is 0 Å². The van der Waals surface area contributed by atoms with Crippen molar-refractivity contribution in [3.63, 3.8) is 0 Å². The van der Waals surface area contributed by atoms with Gasteiger partial charge < -0.3 is 16.0 Å². The van der Waals surface area contributed by atoms with Crippen LogP contribution in [0.4, 0.5) is 5.82 Å². The Morgan fingerprint density at radius 2 is 2.27 bits per heavy atom. The summed E-state index contributed by atoms with van der Waals surface area (Å²) in [4.78, 5) is 18.5. The molecule has 4 N–H and O–H groups in total. The molecule has 5 heteroatoms. The minimum Gasteiger partial charge on any atom is -0.383 e. The molecule has 1 saturated heterocycles. The average molecular weight is 208 g/mol. The molecular weight excluding hydrogens is 192 g/mol. The van der Waals surface area contributed by atoms with Crippen molar-refractivity contribution in [1.29, 1.82) is 0 Å². The van der Waals surface area contributed by atoms with E-state index in [9.17, 15) is 4.79 Å². The zero-order valence-corrected chi connectivity index (χ0v) is 8.84. The number of nitrogens with zero attached hydrogens (tertiary/aromatic N) is 1. The van der Waals surface area contributed by atoms with Crippen molar-refractivity contribution in [1.82, 2.24) is 15.3 Å². The van der Waals surface area contributed by atoms with Crippen molar-refractivity contribution in [3.05, 3.63) is 21.7 Å². The lowest BCUT2D eigenvalue weighted by atomic mass is 10.0. The number of H-pyrrole nitrogens is 1. The summed E-state index contributed by atoms with van der Waals surface area (Å²) in [6.07, 6.45) is 3.35. The van der Waals surface area contributed by atoms with Crippen molar-refractivity contribution in [2.45, 2.75) is 32.2 Å². The van der Waals surface area contributed by atoms with Crippen molar-refractivity contribution < 1.29 is 0 Å². The first kappa shape index (κ1) is 10.2. The number of hydrogen-bond donors (Lipinski definition) is 3. The summed E-state index contributed by atoms with van der Waals surface area (Å²) >= 11 is 0. The Labute approximate surface area is 88.1 Å². The number of nitrogen functional groups attached to an aromatic ring is 1. The molecule has 1 aromatic rings. The molecule has 0 spiro atoms. The SMILES string of the molecule is Cc1c(N)nc(C2CCCCN2)[nH]c1=O. The van der Waals surface area contributed by atoms with Crippen LogP contribution in [0.3, 0.4) is 0 Å². The lowest BCUT2D eigenvalue weighted by Gasteiger charge is -2.22. The number of piperidine rings is 1. The van der Waals surface area contributed by atoms with E-state index in [-0.39, 0.29) is 11.6 Å². The Kier molecular flexibility index (Phi) is 2.73. The fraction of sp³-hybridized carbons (Fsp3) is 0.600. The van der Waals surface area contributed by atoms with E-state index >= 15 is 0 Å². The molecule has 0 aliphatic carbocycles. The molecule has 15 heavy (non-hydrogen) atoms. The van der Waals surface area contributed by atoms with E-state index in [0.717, 1.165) is 19.4 Å². The highest BCUT2D eigenvalue weighted by Gasteiger charge is 2.18. The minimum absolute atomic E-state index is 0.134. The summed E-state index contributed by atoms with van der Waals surface area (Å²) < 4.78 is 0. The fourth-order valence-corrected chi connectivity index (χ4v) is 1.82. The molecule has 1 aliphatic rings. The maximum atomic E-state index is 11.5. The van der Waals surface area contributed by atoms with Gasteiger partial charge in [-0.25, -0.2) is 4.98 Å². The van der Waals surface area contributed by atoms with Gasteiger partial charge in [0, 0.05) is 0 Å². The van der Waals surface area contributed by atoms with E-state index in [1.807, 2.05) is 0 Å². The third kappa shape index (κ3) is 2.02. The first-order chi connectivity index (χ1) is 7.18. The third-order valence-corrected chi connectivity index (χ3v) is 2.85. The normalized spacial score (nSPS) is 21.5. The zero-order valence-electron chi connectivity index (χ0n) is 8.84. The molecule has 0 radical (unpaired) electrons. The van der Waals surface area contributed by atoms with Crippen LogP contribution in [0.2, 0.25) is 0 Å². The van der Waals surface area contributed by atoms with E-state index in [4.69, 9.17) is 5.73 Å². The maximum absolute atomic E-state index is 11.5. The highest BCUT2D eigenvalue weighted by atomic mass is 16.1. The molecule has 1 unspecified atom stereocenters. The van der Waals surface area contributed by atoms with Crippen LogP contribution in [0.15, 0.2) is 4.79 Å². The lowest BCUT2D eigenvalue weighted by molar-refractivity contribution is 0.397. The van der Waals surface area contributed by atoms with E-state index in [1.165, 1.54) is 6.42 Å². The molecule has 0 saturated carbocycles. The molecule has 0 bridgehead atoms. The Balaban J connectivity index is 2.32. The Morgan fingerprint density at radius 1 is 1.47 bits per heavy atom. The van der Waals surface area contributed by atoms with Gasteiger partial charge in [-0.3, -0.25) is 4.79 Å². The van der Waals surface area contributed by atoms with Crippen LogP contribution in [0.1, 0.15) is 36.7 Å². The Bertz CT molecular complexity index is 406. The van der Waals surface area contributed by atoms with Crippen LogP contribution in [0.25, 0.3) is 0 Å². The van der Waals surface area contributed by atoms with E-state index < -0.39 is 0 Å². The molecule has 0 aromatic carbocycles. The van der Waals surface area contributed by atoms with Gasteiger partial charge in [-0.2, -0.15) is 0 Å². The number of rotatable bonds is 1. The van der Waals surface area contributed by atoms with Crippen LogP contribution in [-0.2, 0) is 0 Å². The Morgan fingerprint density at radius 3 is 2.87 bits per heavy atom. The molecule has 2 heterocycles. The van der Waals surface area contributed by atoms with Gasteiger partial charge in [0.25, 0.3) is 5.56 Å². The van der Waals surface area contributed by atoms with E-state index in [0.29, 0.717) is 17.2 Å². The largest absolute Gasteiger partial charge is 0.383 e. The number of nitrogens with one attached hydrogen (secondary N) is 2. The number of anilines is 1. The number of aromatic nitrogens is 2. The highest BCUT2D eigenvalue weighted by molar-refractivity contribution is 5.36. The number of hydrogen-bond acceptors (Lipinski definition) is 4. The zero-order chi connectivity index (χ0) is 10.8. The van der Waals surface area contributed by atoms with Crippen LogP contribution in [0.5, 0.6) is 0 Å². The maximum Gasteiger partial charge on any atom is 0.255 e. The standard InChI is InChI=1S/C10H16N4O/c1-6-8(11)13-9(14-10(6)15)7-4-2-3-5-12-7/h7,12H,2-5H2,1H3,(H3,11,13,14,15). The van der Waals surface area contributed by atoms with Gasteiger partial charge in [0.05, 0.1) is 11.6 Å². The van der Waals surface area contributed by atoms with Crippen LogP contribution >= 0.6 is 0 Å². The molecule has 1 aromatic heterocycles. The first-order valence-corrected chi connectivity index (χ1v) is 5.28. The van der Waals surface area contributed by atoms with Crippen LogP contribution < -0.4 is 16.6 Å². The predicted molar refractivity (Wildman–Crippen MR) is 58.6 cm³/mol. The van der Waals surface area contributed by atoms with Gasteiger partial charge in [0.1, 0.15) is 11.6 Å². The summed E-state index contributed by atoms with van der Waals surface area (Å²) in [5, 5.41) is 3.32. The van der Waals surface area contributed by atoms with Gasteiger partial charge >= 0.3 is 0 Å². The molecule has 1 aliphatic heterocycles. The number of aromatic amines is 1. The summed E-state index contributed by atoms with van der Waals surface area (Å²) in [7, 11) is 0. The Hall–Kier alpha value is -1.36. The lowest BCUT2D eigenvalue weighted by Crippen LogP contribution is -2.30. The average Bonchev–Trinajstić information content (AvgIpc) is 2.26. The second-order valence-electron chi connectivity index (χ2n) is 3.96. The van der Waals surface area contributed by atoms with Crippen LogP contribution in [-0.4, -0.2) is 16.5 Å². The molecule has 2 rings (SSSR count). The fourth-order valence-electron chi connectivity index (χ4n) is 1.82. The minimum atomic E-state index is -0.134. The molecule has 1 atom stereocenters. The van der Waals surface area contributed by atoms with Gasteiger partial charge in [0.2, 0.25) is 0 Å². The predicted octanol–water partition coefficient (Wildman–Crippen LogP) is 0.475. The monoisotopic (exact) mass is 208 g/mol. The number of nitrogens with two attached hydrogens (primary N) is 1.